The van der Waals surface area contributed by atoms with Crippen LogP contribution in [-0.2, 0) is 7.05 Å². The molecule has 1 atom stereocenters. The minimum Gasteiger partial charge on any atom is -0.456 e. The summed E-state index contributed by atoms with van der Waals surface area (Å²) >= 11 is 0. The Kier molecular flexibility index (Phi) is 2.81. The molecule has 2 heterocycles. The molecule has 3 aromatic rings. The van der Waals surface area contributed by atoms with Crippen LogP contribution in [0.25, 0.3) is 11.0 Å². The van der Waals surface area contributed by atoms with Crippen LogP contribution >= 0.6 is 0 Å². The molecule has 0 aliphatic heterocycles. The average Bonchev–Trinajstić information content (AvgIpc) is 2.99. The van der Waals surface area contributed by atoms with Crippen LogP contribution in [0.5, 0.6) is 0 Å². The van der Waals surface area contributed by atoms with Gasteiger partial charge in [-0.05, 0) is 12.1 Å². The number of aryl methyl sites for hydroxylation is 1. The number of nitrogens with zero attached hydrogens (tertiary/aromatic N) is 2. The number of fused-ring (bicyclic) bond motifs is 1. The number of imidazole rings is 1. The first-order valence-electron chi connectivity index (χ1n) is 5.82. The molecule has 0 saturated carbocycles. The summed E-state index contributed by atoms with van der Waals surface area (Å²) in [6.45, 7) is 0. The van der Waals surface area contributed by atoms with Crippen LogP contribution in [-0.4, -0.2) is 9.55 Å². The van der Waals surface area contributed by atoms with Crippen molar-refractivity contribution < 1.29 is 8.81 Å². The van der Waals surface area contributed by atoms with Gasteiger partial charge in [0.2, 0.25) is 0 Å². The summed E-state index contributed by atoms with van der Waals surface area (Å²) in [6.07, 6.45) is 3.48. The molecule has 0 radical (unpaired) electrons. The molecular formula is C13H13FN4O. The number of aromatic nitrogens is 2. The van der Waals surface area contributed by atoms with E-state index in [0.29, 0.717) is 17.0 Å². The molecule has 3 N–H and O–H groups in total. The highest BCUT2D eigenvalue weighted by atomic mass is 19.1. The summed E-state index contributed by atoms with van der Waals surface area (Å²) in [5.41, 5.74) is 2.87. The second-order valence-corrected chi connectivity index (χ2v) is 4.30. The second-order valence-electron chi connectivity index (χ2n) is 4.30. The fraction of sp³-hybridized carbons (Fsp3) is 0.154. The third kappa shape index (κ3) is 1.91. The minimum atomic E-state index is -0.424. The first kappa shape index (κ1) is 11.9. The predicted octanol–water partition coefficient (Wildman–Crippen LogP) is 1.86. The molecule has 2 aromatic heterocycles. The predicted molar refractivity (Wildman–Crippen MR) is 68.5 cm³/mol. The molecule has 5 nitrogen and oxygen atoms in total. The van der Waals surface area contributed by atoms with Crippen LogP contribution < -0.4 is 11.3 Å². The zero-order valence-corrected chi connectivity index (χ0v) is 10.3. The van der Waals surface area contributed by atoms with Crippen molar-refractivity contribution in [1.82, 2.24) is 15.0 Å². The second kappa shape index (κ2) is 4.49. The zero-order valence-electron chi connectivity index (χ0n) is 10.3. The van der Waals surface area contributed by atoms with Gasteiger partial charge in [-0.15, -0.1) is 0 Å². The minimum absolute atomic E-state index is 0.229. The summed E-state index contributed by atoms with van der Waals surface area (Å²) in [4.78, 5) is 4.22. The fourth-order valence-corrected chi connectivity index (χ4v) is 2.13. The van der Waals surface area contributed by atoms with E-state index in [4.69, 9.17) is 10.3 Å². The highest BCUT2D eigenvalue weighted by Crippen LogP contribution is 2.28. The number of hydrazine groups is 1. The van der Waals surface area contributed by atoms with E-state index >= 15 is 0 Å². The van der Waals surface area contributed by atoms with Crippen molar-refractivity contribution in [2.75, 3.05) is 0 Å². The van der Waals surface area contributed by atoms with Gasteiger partial charge in [0.25, 0.3) is 0 Å². The van der Waals surface area contributed by atoms with Crippen LogP contribution in [0, 0.1) is 5.82 Å². The number of nitrogens with one attached hydrogen (secondary N) is 1. The van der Waals surface area contributed by atoms with Crippen molar-refractivity contribution in [3.8, 4) is 0 Å². The van der Waals surface area contributed by atoms with Crippen molar-refractivity contribution in [2.45, 2.75) is 6.04 Å². The Hall–Kier alpha value is -2.18. The first-order chi connectivity index (χ1) is 9.20. The number of para-hydroxylation sites is 1. The maximum absolute atomic E-state index is 13.6. The van der Waals surface area contributed by atoms with E-state index in [9.17, 15) is 4.39 Å². The van der Waals surface area contributed by atoms with Gasteiger partial charge in [-0.1, -0.05) is 12.1 Å². The molecule has 0 fully saturated rings. The van der Waals surface area contributed by atoms with Gasteiger partial charge in [-0.25, -0.2) is 14.8 Å². The maximum Gasteiger partial charge on any atom is 0.169 e. The Bertz CT molecular complexity index is 718. The van der Waals surface area contributed by atoms with Gasteiger partial charge in [0, 0.05) is 24.8 Å². The molecule has 0 amide bonds. The molecule has 3 rings (SSSR count). The molecular weight excluding hydrogens is 247 g/mol. The molecule has 0 aliphatic rings. The molecule has 0 bridgehead atoms. The first-order valence-corrected chi connectivity index (χ1v) is 5.82. The van der Waals surface area contributed by atoms with Crippen molar-refractivity contribution in [2.24, 2.45) is 12.9 Å². The summed E-state index contributed by atoms with van der Waals surface area (Å²) in [7, 11) is 1.86. The fourth-order valence-electron chi connectivity index (χ4n) is 2.13. The topological polar surface area (TPSA) is 69.0 Å². The van der Waals surface area contributed by atoms with Crippen molar-refractivity contribution in [3.05, 3.63) is 54.1 Å². The molecule has 19 heavy (non-hydrogen) atoms. The molecule has 6 heteroatoms. The van der Waals surface area contributed by atoms with E-state index in [2.05, 4.69) is 10.4 Å². The number of rotatable bonds is 3. The highest BCUT2D eigenvalue weighted by molar-refractivity contribution is 5.78. The van der Waals surface area contributed by atoms with Crippen LogP contribution in [0.15, 0.2) is 41.1 Å². The average molecular weight is 260 g/mol. The Morgan fingerprint density at radius 2 is 2.32 bits per heavy atom. The lowest BCUT2D eigenvalue weighted by Crippen LogP contribution is -2.30. The number of halogens is 1. The lowest BCUT2D eigenvalue weighted by molar-refractivity contribution is 0.447. The summed E-state index contributed by atoms with van der Waals surface area (Å²) in [6, 6.07) is 6.13. The van der Waals surface area contributed by atoms with E-state index in [-0.39, 0.29) is 11.4 Å². The standard InChI is InChI=1S/C13H13FN4O/c1-18-6-5-16-13(18)11(17-15)10-7-8-3-2-4-9(14)12(8)19-10/h2-7,11,17H,15H2,1H3. The number of furan rings is 1. The third-order valence-electron chi connectivity index (χ3n) is 3.08. The van der Waals surface area contributed by atoms with Gasteiger partial charge in [-0.2, -0.15) is 0 Å². The van der Waals surface area contributed by atoms with E-state index in [1.54, 1.807) is 24.4 Å². The molecule has 0 aliphatic carbocycles. The molecule has 1 aromatic carbocycles. The largest absolute Gasteiger partial charge is 0.456 e. The van der Waals surface area contributed by atoms with E-state index < -0.39 is 6.04 Å². The van der Waals surface area contributed by atoms with Crippen molar-refractivity contribution in [3.63, 3.8) is 0 Å². The Morgan fingerprint density at radius 3 is 2.95 bits per heavy atom. The van der Waals surface area contributed by atoms with Crippen LogP contribution in [0.2, 0.25) is 0 Å². The maximum atomic E-state index is 13.6. The number of hydrogen-bond acceptors (Lipinski definition) is 4. The zero-order chi connectivity index (χ0) is 13.4. The lowest BCUT2D eigenvalue weighted by atomic mass is 10.2. The van der Waals surface area contributed by atoms with E-state index in [0.717, 1.165) is 0 Å². The van der Waals surface area contributed by atoms with Crippen LogP contribution in [0.4, 0.5) is 4.39 Å². The summed E-state index contributed by atoms with van der Waals surface area (Å²) in [5, 5.41) is 0.699. The third-order valence-corrected chi connectivity index (χ3v) is 3.08. The number of hydrogen-bond donors (Lipinski definition) is 2. The molecule has 0 spiro atoms. The Labute approximate surface area is 108 Å². The summed E-state index contributed by atoms with van der Waals surface area (Å²) in [5.74, 6) is 6.40. The molecule has 0 saturated heterocycles. The SMILES string of the molecule is Cn1ccnc1C(NN)c1cc2cccc(F)c2o1. The summed E-state index contributed by atoms with van der Waals surface area (Å²) < 4.78 is 21.0. The van der Waals surface area contributed by atoms with Crippen LogP contribution in [0.3, 0.4) is 0 Å². The Morgan fingerprint density at radius 1 is 1.47 bits per heavy atom. The van der Waals surface area contributed by atoms with Gasteiger partial charge in [0.05, 0.1) is 0 Å². The molecule has 1 unspecified atom stereocenters. The Balaban J connectivity index is 2.12. The van der Waals surface area contributed by atoms with Crippen molar-refractivity contribution in [1.29, 1.82) is 0 Å². The monoisotopic (exact) mass is 260 g/mol. The normalized spacial score (nSPS) is 13.0. The van der Waals surface area contributed by atoms with E-state index in [1.807, 2.05) is 17.8 Å². The number of nitrogens with two attached hydrogens (primary N) is 1. The number of benzene rings is 1. The molecule has 98 valence electrons. The van der Waals surface area contributed by atoms with Gasteiger partial charge < -0.3 is 8.98 Å². The van der Waals surface area contributed by atoms with Crippen LogP contribution in [0.1, 0.15) is 17.6 Å². The van der Waals surface area contributed by atoms with Crippen molar-refractivity contribution >= 4 is 11.0 Å². The van der Waals surface area contributed by atoms with Gasteiger partial charge in [-0.3, -0.25) is 5.84 Å². The quantitative estimate of drug-likeness (QED) is 0.557. The smallest absolute Gasteiger partial charge is 0.169 e. The van der Waals surface area contributed by atoms with E-state index in [1.165, 1.54) is 6.07 Å². The highest BCUT2D eigenvalue weighted by Gasteiger charge is 2.21. The van der Waals surface area contributed by atoms with Gasteiger partial charge >= 0.3 is 0 Å². The van der Waals surface area contributed by atoms with Gasteiger partial charge in [0.1, 0.15) is 17.6 Å². The lowest BCUT2D eigenvalue weighted by Gasteiger charge is -2.12. The van der Waals surface area contributed by atoms with Gasteiger partial charge in [0.15, 0.2) is 11.4 Å².